The molecule has 0 aliphatic carbocycles. The number of hydrogen-bond acceptors (Lipinski definition) is 2. The van der Waals surface area contributed by atoms with Crippen molar-refractivity contribution in [3.05, 3.63) is 66.2 Å². The molecule has 21 heavy (non-hydrogen) atoms. The van der Waals surface area contributed by atoms with Crippen LogP contribution in [0.5, 0.6) is 0 Å². The maximum Gasteiger partial charge on any atom is 0.212 e. The molecule has 0 fully saturated rings. The molecule has 3 aromatic rings. The first kappa shape index (κ1) is 13.4. The van der Waals surface area contributed by atoms with Crippen molar-refractivity contribution < 1.29 is 4.57 Å². The van der Waals surface area contributed by atoms with Gasteiger partial charge in [-0.3, -0.25) is 0 Å². The molecule has 0 atom stereocenters. The van der Waals surface area contributed by atoms with Crippen LogP contribution in [0.3, 0.4) is 0 Å². The van der Waals surface area contributed by atoms with Crippen molar-refractivity contribution in [3.8, 4) is 22.5 Å². The minimum Gasteiger partial charge on any atom is -0.242 e. The standard InChI is InChI=1S/C18H18N3/c1-13-6-4-5-7-16(13)18-9-8-15(12-21(18)3)17-10-11-19-14(2)20-17/h4-12H,1-3H3/q+1. The lowest BCUT2D eigenvalue weighted by Crippen LogP contribution is -2.30. The van der Waals surface area contributed by atoms with E-state index in [1.807, 2.05) is 13.0 Å². The first-order valence-electron chi connectivity index (χ1n) is 7.01. The van der Waals surface area contributed by atoms with Gasteiger partial charge in [0.25, 0.3) is 0 Å². The normalized spacial score (nSPS) is 10.6. The molecule has 0 amide bonds. The van der Waals surface area contributed by atoms with E-state index >= 15 is 0 Å². The maximum atomic E-state index is 4.48. The molecular weight excluding hydrogens is 258 g/mol. The number of aromatic nitrogens is 3. The van der Waals surface area contributed by atoms with E-state index < -0.39 is 0 Å². The Kier molecular flexibility index (Phi) is 3.48. The third-order valence-corrected chi connectivity index (χ3v) is 3.63. The average molecular weight is 276 g/mol. The van der Waals surface area contributed by atoms with Gasteiger partial charge in [-0.15, -0.1) is 0 Å². The van der Waals surface area contributed by atoms with Crippen LogP contribution in [0, 0.1) is 13.8 Å². The number of rotatable bonds is 2. The second-order valence-corrected chi connectivity index (χ2v) is 5.22. The molecule has 0 aliphatic rings. The van der Waals surface area contributed by atoms with E-state index in [0.29, 0.717) is 0 Å². The second-order valence-electron chi connectivity index (χ2n) is 5.22. The summed E-state index contributed by atoms with van der Waals surface area (Å²) in [5.41, 5.74) is 5.78. The highest BCUT2D eigenvalue weighted by Crippen LogP contribution is 2.22. The van der Waals surface area contributed by atoms with Crippen molar-refractivity contribution in [2.75, 3.05) is 0 Å². The Balaban J connectivity index is 2.07. The van der Waals surface area contributed by atoms with Crippen molar-refractivity contribution >= 4 is 0 Å². The molecule has 0 unspecified atom stereocenters. The van der Waals surface area contributed by atoms with Crippen LogP contribution in [-0.4, -0.2) is 9.97 Å². The Labute approximate surface area is 125 Å². The molecule has 2 aromatic heterocycles. The molecule has 104 valence electrons. The summed E-state index contributed by atoms with van der Waals surface area (Å²) in [6.45, 7) is 4.04. The highest BCUT2D eigenvalue weighted by molar-refractivity contribution is 5.64. The zero-order valence-electron chi connectivity index (χ0n) is 12.5. The summed E-state index contributed by atoms with van der Waals surface area (Å²) >= 11 is 0. The Morgan fingerprint density at radius 1 is 0.952 bits per heavy atom. The van der Waals surface area contributed by atoms with Gasteiger partial charge in [-0.1, -0.05) is 18.2 Å². The topological polar surface area (TPSA) is 29.7 Å². The van der Waals surface area contributed by atoms with E-state index in [4.69, 9.17) is 0 Å². The minimum absolute atomic E-state index is 0.790. The van der Waals surface area contributed by atoms with Crippen LogP contribution in [0.2, 0.25) is 0 Å². The third kappa shape index (κ3) is 2.68. The first-order valence-corrected chi connectivity index (χ1v) is 7.01. The Bertz CT molecular complexity index is 794. The van der Waals surface area contributed by atoms with E-state index in [0.717, 1.165) is 17.1 Å². The lowest BCUT2D eigenvalue weighted by molar-refractivity contribution is -0.659. The lowest BCUT2D eigenvalue weighted by Gasteiger charge is -2.06. The van der Waals surface area contributed by atoms with E-state index in [-0.39, 0.29) is 0 Å². The average Bonchev–Trinajstić information content (AvgIpc) is 2.48. The van der Waals surface area contributed by atoms with Crippen LogP contribution >= 0.6 is 0 Å². The zero-order chi connectivity index (χ0) is 14.8. The fourth-order valence-corrected chi connectivity index (χ4v) is 2.52. The van der Waals surface area contributed by atoms with Crippen LogP contribution in [0.4, 0.5) is 0 Å². The largest absolute Gasteiger partial charge is 0.242 e. The molecule has 3 rings (SSSR count). The summed E-state index contributed by atoms with van der Waals surface area (Å²) < 4.78 is 2.15. The number of benzene rings is 1. The second kappa shape index (κ2) is 5.44. The predicted molar refractivity (Wildman–Crippen MR) is 83.6 cm³/mol. The number of nitrogens with zero attached hydrogens (tertiary/aromatic N) is 3. The van der Waals surface area contributed by atoms with E-state index in [9.17, 15) is 0 Å². The van der Waals surface area contributed by atoms with Crippen molar-refractivity contribution in [3.63, 3.8) is 0 Å². The van der Waals surface area contributed by atoms with Crippen LogP contribution in [-0.2, 0) is 7.05 Å². The smallest absolute Gasteiger partial charge is 0.212 e. The third-order valence-electron chi connectivity index (χ3n) is 3.63. The number of pyridine rings is 1. The first-order chi connectivity index (χ1) is 10.1. The van der Waals surface area contributed by atoms with Gasteiger partial charge in [0.05, 0.1) is 11.3 Å². The van der Waals surface area contributed by atoms with E-state index in [1.54, 1.807) is 6.20 Å². The summed E-state index contributed by atoms with van der Waals surface area (Å²) in [5, 5.41) is 0. The Hall–Kier alpha value is -2.55. The summed E-state index contributed by atoms with van der Waals surface area (Å²) in [7, 11) is 2.07. The SMILES string of the molecule is Cc1nccc(-c2ccc(-c3ccccc3C)[n+](C)c2)n1. The highest BCUT2D eigenvalue weighted by atomic mass is 14.9. The highest BCUT2D eigenvalue weighted by Gasteiger charge is 2.13. The van der Waals surface area contributed by atoms with Crippen molar-refractivity contribution in [1.82, 2.24) is 9.97 Å². The van der Waals surface area contributed by atoms with Crippen molar-refractivity contribution in [1.29, 1.82) is 0 Å². The fraction of sp³-hybridized carbons (Fsp3) is 0.167. The van der Waals surface area contributed by atoms with Gasteiger partial charge in [-0.25, -0.2) is 14.5 Å². The molecule has 3 nitrogen and oxygen atoms in total. The zero-order valence-corrected chi connectivity index (χ0v) is 12.5. The molecule has 1 aromatic carbocycles. The lowest BCUT2D eigenvalue weighted by atomic mass is 10.0. The summed E-state index contributed by atoms with van der Waals surface area (Å²) in [6.07, 6.45) is 3.91. The molecular formula is C18H18N3+. The minimum atomic E-state index is 0.790. The predicted octanol–water partition coefficient (Wildman–Crippen LogP) is 3.25. The Morgan fingerprint density at radius 3 is 2.48 bits per heavy atom. The van der Waals surface area contributed by atoms with Gasteiger partial charge in [0.2, 0.25) is 5.69 Å². The van der Waals surface area contributed by atoms with Crippen LogP contribution in [0.15, 0.2) is 54.9 Å². The quantitative estimate of drug-likeness (QED) is 0.672. The molecule has 0 bridgehead atoms. The molecule has 0 saturated carbocycles. The molecule has 0 spiro atoms. The maximum absolute atomic E-state index is 4.48. The molecule has 0 aliphatic heterocycles. The molecule has 3 heteroatoms. The van der Waals surface area contributed by atoms with Crippen LogP contribution in [0.1, 0.15) is 11.4 Å². The van der Waals surface area contributed by atoms with E-state index in [1.165, 1.54) is 16.8 Å². The molecule has 0 saturated heterocycles. The Morgan fingerprint density at radius 2 is 1.76 bits per heavy atom. The van der Waals surface area contributed by atoms with Gasteiger partial charge >= 0.3 is 0 Å². The van der Waals surface area contributed by atoms with Gasteiger partial charge < -0.3 is 0 Å². The summed E-state index contributed by atoms with van der Waals surface area (Å²) in [4.78, 5) is 8.63. The monoisotopic (exact) mass is 276 g/mol. The molecule has 0 N–H and O–H groups in total. The van der Waals surface area contributed by atoms with Gasteiger partial charge in [0.1, 0.15) is 12.9 Å². The van der Waals surface area contributed by atoms with Crippen molar-refractivity contribution in [2.24, 2.45) is 7.05 Å². The number of aryl methyl sites for hydroxylation is 3. The van der Waals surface area contributed by atoms with Crippen LogP contribution < -0.4 is 4.57 Å². The van der Waals surface area contributed by atoms with Gasteiger partial charge in [-0.2, -0.15) is 0 Å². The van der Waals surface area contributed by atoms with Crippen LogP contribution in [0.25, 0.3) is 22.5 Å². The fourth-order valence-electron chi connectivity index (χ4n) is 2.52. The van der Waals surface area contributed by atoms with Gasteiger partial charge in [-0.05, 0) is 37.6 Å². The molecule has 0 radical (unpaired) electrons. The number of hydrogen-bond donors (Lipinski definition) is 0. The summed E-state index contributed by atoms with van der Waals surface area (Å²) in [5.74, 6) is 0.790. The van der Waals surface area contributed by atoms with Gasteiger partial charge in [0.15, 0.2) is 6.20 Å². The van der Waals surface area contributed by atoms with Gasteiger partial charge in [0, 0.05) is 17.8 Å². The van der Waals surface area contributed by atoms with E-state index in [2.05, 4.69) is 71.1 Å². The molecule has 2 heterocycles. The van der Waals surface area contributed by atoms with Crippen molar-refractivity contribution in [2.45, 2.75) is 13.8 Å². The summed E-state index contributed by atoms with van der Waals surface area (Å²) in [6, 6.07) is 14.6.